The minimum atomic E-state index is 0.201. The molecule has 0 amide bonds. The van der Waals surface area contributed by atoms with E-state index in [0.29, 0.717) is 5.16 Å². The fourth-order valence-electron chi connectivity index (χ4n) is 0.875. The summed E-state index contributed by atoms with van der Waals surface area (Å²) in [5.74, 6) is 7.30. The summed E-state index contributed by atoms with van der Waals surface area (Å²) in [7, 11) is 0. The van der Waals surface area contributed by atoms with Gasteiger partial charge in [-0.3, -0.25) is 0 Å². The number of nitrogens with two attached hydrogens (primary N) is 1. The first-order valence-electron chi connectivity index (χ1n) is 4.22. The van der Waals surface area contributed by atoms with Crippen LogP contribution in [-0.4, -0.2) is 32.3 Å². The quantitative estimate of drug-likeness (QED) is 0.400. The van der Waals surface area contributed by atoms with Crippen molar-refractivity contribution in [3.8, 4) is 0 Å². The molecule has 0 aliphatic rings. The highest BCUT2D eigenvalue weighted by atomic mass is 32.2. The van der Waals surface area contributed by atoms with Crippen molar-refractivity contribution in [1.82, 2.24) is 14.9 Å². The van der Waals surface area contributed by atoms with E-state index in [1.807, 2.05) is 6.92 Å². The lowest BCUT2D eigenvalue weighted by molar-refractivity contribution is 0.296. The van der Waals surface area contributed by atoms with Crippen LogP contribution in [0.5, 0.6) is 0 Å². The number of nitrogens with zero attached hydrogens (tertiary/aromatic N) is 3. The summed E-state index contributed by atoms with van der Waals surface area (Å²) in [5, 5.41) is 17.1. The Bertz CT molecular complexity index is 263. The first-order valence-corrected chi connectivity index (χ1v) is 5.21. The molecular formula is C7H14N4OS. The van der Waals surface area contributed by atoms with Crippen LogP contribution in [0, 0.1) is 0 Å². The fourth-order valence-corrected chi connectivity index (χ4v) is 1.67. The highest BCUT2D eigenvalue weighted by Crippen LogP contribution is 2.15. The Hall–Kier alpha value is -0.750. The van der Waals surface area contributed by atoms with Gasteiger partial charge in [-0.2, -0.15) is 0 Å². The van der Waals surface area contributed by atoms with E-state index in [1.54, 1.807) is 0 Å². The van der Waals surface area contributed by atoms with Crippen molar-refractivity contribution in [2.75, 3.05) is 18.2 Å². The molecular weight excluding hydrogens is 188 g/mol. The third-order valence-corrected chi connectivity index (χ3v) is 2.61. The molecule has 0 aromatic carbocycles. The van der Waals surface area contributed by atoms with Crippen LogP contribution in [0.2, 0.25) is 0 Å². The van der Waals surface area contributed by atoms with Crippen LogP contribution in [-0.2, 0) is 6.42 Å². The monoisotopic (exact) mass is 202 g/mol. The highest BCUT2D eigenvalue weighted by Gasteiger charge is 2.07. The fraction of sp³-hybridized carbons (Fsp3) is 0.714. The summed E-state index contributed by atoms with van der Waals surface area (Å²) < 4.78 is 1.50. The summed E-state index contributed by atoms with van der Waals surface area (Å²) in [6.45, 7) is 2.18. The summed E-state index contributed by atoms with van der Waals surface area (Å²) in [6.07, 6.45) is 1.53. The lowest BCUT2D eigenvalue weighted by atomic mass is 10.5. The Morgan fingerprint density at radius 2 is 2.31 bits per heavy atom. The van der Waals surface area contributed by atoms with Gasteiger partial charge in [0.05, 0.1) is 0 Å². The van der Waals surface area contributed by atoms with E-state index in [4.69, 9.17) is 10.9 Å². The molecule has 3 N–H and O–H groups in total. The average molecular weight is 202 g/mol. The summed E-state index contributed by atoms with van der Waals surface area (Å²) >= 11 is 1.51. The molecule has 0 aliphatic carbocycles. The summed E-state index contributed by atoms with van der Waals surface area (Å²) in [6, 6.07) is 0. The van der Waals surface area contributed by atoms with Gasteiger partial charge in [0.2, 0.25) is 5.16 Å². The summed E-state index contributed by atoms with van der Waals surface area (Å²) in [5.41, 5.74) is 0. The number of aliphatic hydroxyl groups is 1. The predicted octanol–water partition coefficient (Wildman–Crippen LogP) is 0.0288. The van der Waals surface area contributed by atoms with Gasteiger partial charge >= 0.3 is 0 Å². The number of rotatable bonds is 5. The normalized spacial score (nSPS) is 10.6. The number of thioether (sulfide) groups is 1. The number of aryl methyl sites for hydroxylation is 1. The molecule has 0 bridgehead atoms. The highest BCUT2D eigenvalue weighted by molar-refractivity contribution is 7.99. The van der Waals surface area contributed by atoms with Crippen molar-refractivity contribution in [2.45, 2.75) is 24.9 Å². The topological polar surface area (TPSA) is 77.0 Å². The van der Waals surface area contributed by atoms with E-state index in [9.17, 15) is 0 Å². The van der Waals surface area contributed by atoms with Crippen LogP contribution < -0.4 is 5.84 Å². The van der Waals surface area contributed by atoms with Gasteiger partial charge < -0.3 is 10.9 Å². The van der Waals surface area contributed by atoms with Crippen molar-refractivity contribution in [2.24, 2.45) is 0 Å². The Morgan fingerprint density at radius 1 is 1.54 bits per heavy atom. The Morgan fingerprint density at radius 3 is 2.85 bits per heavy atom. The Labute approximate surface area is 81.3 Å². The van der Waals surface area contributed by atoms with Gasteiger partial charge in [0, 0.05) is 18.8 Å². The van der Waals surface area contributed by atoms with E-state index in [2.05, 4.69) is 10.2 Å². The minimum Gasteiger partial charge on any atom is -0.396 e. The second kappa shape index (κ2) is 5.08. The van der Waals surface area contributed by atoms with E-state index in [1.165, 1.54) is 16.4 Å². The van der Waals surface area contributed by atoms with Crippen LogP contribution >= 0.6 is 11.8 Å². The van der Waals surface area contributed by atoms with Crippen LogP contribution in [0.3, 0.4) is 0 Å². The zero-order valence-electron chi connectivity index (χ0n) is 7.60. The maximum absolute atomic E-state index is 8.58. The van der Waals surface area contributed by atoms with Crippen LogP contribution in [0.1, 0.15) is 19.2 Å². The molecule has 0 aliphatic heterocycles. The molecule has 0 unspecified atom stereocenters. The maximum Gasteiger partial charge on any atom is 0.209 e. The molecule has 0 saturated heterocycles. The minimum absolute atomic E-state index is 0.201. The Kier molecular flexibility index (Phi) is 4.04. The number of nitrogen functional groups attached to an aromatic ring is 1. The molecule has 1 aromatic rings. The van der Waals surface area contributed by atoms with Crippen LogP contribution in [0.4, 0.5) is 0 Å². The first kappa shape index (κ1) is 10.3. The molecule has 0 saturated carbocycles. The largest absolute Gasteiger partial charge is 0.396 e. The van der Waals surface area contributed by atoms with E-state index >= 15 is 0 Å². The van der Waals surface area contributed by atoms with Gasteiger partial charge in [0.1, 0.15) is 0 Å². The molecule has 13 heavy (non-hydrogen) atoms. The van der Waals surface area contributed by atoms with Crippen molar-refractivity contribution >= 4 is 11.8 Å². The Balaban J connectivity index is 2.51. The van der Waals surface area contributed by atoms with Gasteiger partial charge in [-0.1, -0.05) is 18.7 Å². The lowest BCUT2D eigenvalue weighted by Gasteiger charge is -2.00. The van der Waals surface area contributed by atoms with Crippen molar-refractivity contribution < 1.29 is 5.11 Å². The zero-order chi connectivity index (χ0) is 9.68. The third kappa shape index (κ3) is 2.60. The second-order valence-corrected chi connectivity index (χ2v) is 3.61. The second-order valence-electron chi connectivity index (χ2n) is 2.55. The zero-order valence-corrected chi connectivity index (χ0v) is 8.42. The molecule has 0 fully saturated rings. The van der Waals surface area contributed by atoms with E-state index in [0.717, 1.165) is 24.4 Å². The van der Waals surface area contributed by atoms with Gasteiger partial charge in [-0.05, 0) is 6.42 Å². The van der Waals surface area contributed by atoms with Crippen molar-refractivity contribution in [1.29, 1.82) is 0 Å². The molecule has 0 atom stereocenters. The van der Waals surface area contributed by atoms with Gasteiger partial charge in [0.25, 0.3) is 0 Å². The standard InChI is InChI=1S/C7H14N4OS/c1-2-6-9-10-7(11(6)8)13-5-3-4-12/h12H,2-5,8H2,1H3. The molecule has 0 radical (unpaired) electrons. The number of hydrogen-bond donors (Lipinski definition) is 2. The molecule has 1 rings (SSSR count). The van der Waals surface area contributed by atoms with Crippen molar-refractivity contribution in [3.05, 3.63) is 5.82 Å². The van der Waals surface area contributed by atoms with E-state index < -0.39 is 0 Å². The molecule has 5 nitrogen and oxygen atoms in total. The summed E-state index contributed by atoms with van der Waals surface area (Å²) in [4.78, 5) is 0. The SMILES string of the molecule is CCc1nnc(SCCCO)n1N. The first-order chi connectivity index (χ1) is 6.29. The molecule has 1 heterocycles. The predicted molar refractivity (Wildman–Crippen MR) is 52.0 cm³/mol. The molecule has 74 valence electrons. The van der Waals surface area contributed by atoms with Crippen LogP contribution in [0.15, 0.2) is 5.16 Å². The average Bonchev–Trinajstić information content (AvgIpc) is 2.48. The lowest BCUT2D eigenvalue weighted by Crippen LogP contribution is -2.13. The van der Waals surface area contributed by atoms with E-state index in [-0.39, 0.29) is 6.61 Å². The third-order valence-electron chi connectivity index (χ3n) is 1.58. The maximum atomic E-state index is 8.58. The molecule has 1 aromatic heterocycles. The van der Waals surface area contributed by atoms with Gasteiger partial charge in [0.15, 0.2) is 5.82 Å². The van der Waals surface area contributed by atoms with Crippen LogP contribution in [0.25, 0.3) is 0 Å². The number of aliphatic hydroxyl groups excluding tert-OH is 1. The van der Waals surface area contributed by atoms with Gasteiger partial charge in [-0.25, -0.2) is 4.68 Å². The van der Waals surface area contributed by atoms with Crippen molar-refractivity contribution in [3.63, 3.8) is 0 Å². The molecule has 6 heteroatoms. The number of hydrogen-bond acceptors (Lipinski definition) is 5. The number of aromatic nitrogens is 3. The molecule has 0 spiro atoms. The smallest absolute Gasteiger partial charge is 0.209 e. The van der Waals surface area contributed by atoms with Gasteiger partial charge in [-0.15, -0.1) is 10.2 Å².